The molecular formula is C16H11ClN2O4. The van der Waals surface area contributed by atoms with E-state index in [1.165, 1.54) is 12.1 Å². The van der Waals surface area contributed by atoms with Gasteiger partial charge in [-0.15, -0.1) is 0 Å². The number of aromatic nitrogens is 1. The number of rotatable bonds is 4. The maximum Gasteiger partial charge on any atom is 0.270 e. The molecule has 0 spiro atoms. The number of hydrogen-bond acceptors (Lipinski definition) is 5. The van der Waals surface area contributed by atoms with Crippen LogP contribution in [-0.4, -0.2) is 15.2 Å². The predicted molar refractivity (Wildman–Crippen MR) is 85.0 cm³/mol. The number of aliphatic hydroxyl groups excluding tert-OH is 1. The average molecular weight is 331 g/mol. The van der Waals surface area contributed by atoms with Crippen LogP contribution in [0.5, 0.6) is 0 Å². The van der Waals surface area contributed by atoms with Crippen LogP contribution in [0.4, 0.5) is 5.69 Å². The highest BCUT2D eigenvalue weighted by molar-refractivity contribution is 6.30. The maximum atomic E-state index is 10.9. The third-order valence-electron chi connectivity index (χ3n) is 3.38. The molecule has 0 unspecified atom stereocenters. The molecule has 1 N–H and O–H groups in total. The standard InChI is InChI=1S/C16H11ClN2O4/c17-12-6-4-10(5-7-12)16-14(9-20)15(18-23-16)11-2-1-3-13(8-11)19(21)22/h1-8,20H,9H2. The fourth-order valence-corrected chi connectivity index (χ4v) is 2.40. The Hall–Kier alpha value is -2.70. The first-order valence-corrected chi connectivity index (χ1v) is 7.08. The van der Waals surface area contributed by atoms with Gasteiger partial charge in [0, 0.05) is 28.3 Å². The molecule has 7 heteroatoms. The Bertz CT molecular complexity index is 859. The van der Waals surface area contributed by atoms with E-state index in [1.54, 1.807) is 36.4 Å². The summed E-state index contributed by atoms with van der Waals surface area (Å²) in [5.41, 5.74) is 2.01. The van der Waals surface area contributed by atoms with Crippen molar-refractivity contribution < 1.29 is 14.6 Å². The normalized spacial score (nSPS) is 10.7. The van der Waals surface area contributed by atoms with Crippen molar-refractivity contribution in [1.29, 1.82) is 0 Å². The van der Waals surface area contributed by atoms with Gasteiger partial charge in [0.15, 0.2) is 5.76 Å². The topological polar surface area (TPSA) is 89.4 Å². The lowest BCUT2D eigenvalue weighted by Crippen LogP contribution is -1.91. The molecule has 116 valence electrons. The molecule has 0 saturated heterocycles. The molecule has 0 radical (unpaired) electrons. The number of non-ortho nitro benzene ring substituents is 1. The smallest absolute Gasteiger partial charge is 0.270 e. The number of nitro groups is 1. The van der Waals surface area contributed by atoms with E-state index in [4.69, 9.17) is 16.1 Å². The minimum atomic E-state index is -0.484. The highest BCUT2D eigenvalue weighted by Gasteiger charge is 2.19. The molecule has 0 amide bonds. The summed E-state index contributed by atoms with van der Waals surface area (Å²) >= 11 is 5.86. The van der Waals surface area contributed by atoms with Gasteiger partial charge in [-0.1, -0.05) is 28.9 Å². The molecule has 6 nitrogen and oxygen atoms in total. The highest BCUT2D eigenvalue weighted by Crippen LogP contribution is 2.33. The minimum absolute atomic E-state index is 0.0533. The molecule has 0 saturated carbocycles. The second-order valence-corrected chi connectivity index (χ2v) is 5.25. The van der Waals surface area contributed by atoms with Gasteiger partial charge < -0.3 is 9.63 Å². The predicted octanol–water partition coefficient (Wildman–Crippen LogP) is 4.06. The Morgan fingerprint density at radius 3 is 2.57 bits per heavy atom. The van der Waals surface area contributed by atoms with Crippen molar-refractivity contribution in [1.82, 2.24) is 5.16 Å². The number of nitro benzene ring substituents is 1. The Morgan fingerprint density at radius 2 is 1.91 bits per heavy atom. The van der Waals surface area contributed by atoms with Crippen molar-refractivity contribution in [3.8, 4) is 22.6 Å². The molecule has 1 heterocycles. The molecule has 3 rings (SSSR count). The van der Waals surface area contributed by atoms with Crippen LogP contribution in [0.2, 0.25) is 5.02 Å². The van der Waals surface area contributed by atoms with Crippen LogP contribution in [0.25, 0.3) is 22.6 Å². The summed E-state index contributed by atoms with van der Waals surface area (Å²) in [5.74, 6) is 0.408. The van der Waals surface area contributed by atoms with E-state index < -0.39 is 4.92 Å². The second-order valence-electron chi connectivity index (χ2n) is 4.81. The third-order valence-corrected chi connectivity index (χ3v) is 3.64. The Morgan fingerprint density at radius 1 is 1.17 bits per heavy atom. The molecule has 0 bridgehead atoms. The van der Waals surface area contributed by atoms with Gasteiger partial charge in [-0.05, 0) is 24.3 Å². The van der Waals surface area contributed by atoms with Crippen molar-refractivity contribution >= 4 is 17.3 Å². The van der Waals surface area contributed by atoms with Gasteiger partial charge in [-0.3, -0.25) is 10.1 Å². The number of halogens is 1. The Balaban J connectivity index is 2.10. The van der Waals surface area contributed by atoms with Crippen molar-refractivity contribution in [3.05, 3.63) is 69.2 Å². The number of hydrogen-bond donors (Lipinski definition) is 1. The lowest BCUT2D eigenvalue weighted by Gasteiger charge is -2.02. The number of benzene rings is 2. The lowest BCUT2D eigenvalue weighted by atomic mass is 10.0. The van der Waals surface area contributed by atoms with E-state index in [0.717, 1.165) is 0 Å². The van der Waals surface area contributed by atoms with Crippen molar-refractivity contribution in [2.45, 2.75) is 6.61 Å². The van der Waals surface area contributed by atoms with E-state index in [-0.39, 0.29) is 12.3 Å². The van der Waals surface area contributed by atoms with E-state index in [2.05, 4.69) is 5.16 Å². The highest BCUT2D eigenvalue weighted by atomic mass is 35.5. The zero-order valence-corrected chi connectivity index (χ0v) is 12.5. The van der Waals surface area contributed by atoms with Crippen LogP contribution < -0.4 is 0 Å². The van der Waals surface area contributed by atoms with E-state index in [1.807, 2.05) is 0 Å². The summed E-state index contributed by atoms with van der Waals surface area (Å²) in [6, 6.07) is 12.9. The van der Waals surface area contributed by atoms with Crippen LogP contribution in [0.15, 0.2) is 53.1 Å². The molecule has 0 fully saturated rings. The van der Waals surface area contributed by atoms with Crippen LogP contribution >= 0.6 is 11.6 Å². The van der Waals surface area contributed by atoms with Gasteiger partial charge in [-0.2, -0.15) is 0 Å². The zero-order chi connectivity index (χ0) is 16.4. The molecule has 23 heavy (non-hydrogen) atoms. The van der Waals surface area contributed by atoms with Gasteiger partial charge in [0.1, 0.15) is 5.69 Å². The van der Waals surface area contributed by atoms with Crippen molar-refractivity contribution in [2.75, 3.05) is 0 Å². The number of nitrogens with zero attached hydrogens (tertiary/aromatic N) is 2. The largest absolute Gasteiger partial charge is 0.391 e. The van der Waals surface area contributed by atoms with Gasteiger partial charge >= 0.3 is 0 Å². The number of aliphatic hydroxyl groups is 1. The third kappa shape index (κ3) is 2.94. The van der Waals surface area contributed by atoms with Crippen LogP contribution in [0, 0.1) is 10.1 Å². The molecule has 0 aliphatic rings. The van der Waals surface area contributed by atoms with Gasteiger partial charge in [-0.25, -0.2) is 0 Å². The fraction of sp³-hybridized carbons (Fsp3) is 0.0625. The van der Waals surface area contributed by atoms with Crippen molar-refractivity contribution in [2.24, 2.45) is 0 Å². The van der Waals surface area contributed by atoms with E-state index in [0.29, 0.717) is 33.2 Å². The maximum absolute atomic E-state index is 10.9. The first kappa shape index (κ1) is 15.2. The molecular weight excluding hydrogens is 320 g/mol. The van der Waals surface area contributed by atoms with Crippen LogP contribution in [0.1, 0.15) is 5.56 Å². The summed E-state index contributed by atoms with van der Waals surface area (Å²) < 4.78 is 5.34. The minimum Gasteiger partial charge on any atom is -0.391 e. The van der Waals surface area contributed by atoms with Crippen LogP contribution in [0.3, 0.4) is 0 Å². The summed E-state index contributed by atoms with van der Waals surface area (Å²) in [7, 11) is 0. The molecule has 1 aromatic heterocycles. The molecule has 2 aromatic carbocycles. The van der Waals surface area contributed by atoms with E-state index >= 15 is 0 Å². The fourth-order valence-electron chi connectivity index (χ4n) is 2.28. The van der Waals surface area contributed by atoms with E-state index in [9.17, 15) is 15.2 Å². The quantitative estimate of drug-likeness (QED) is 0.575. The van der Waals surface area contributed by atoms with Gasteiger partial charge in [0.25, 0.3) is 5.69 Å². The summed E-state index contributed by atoms with van der Waals surface area (Å²) in [4.78, 5) is 10.4. The first-order valence-electron chi connectivity index (χ1n) is 6.70. The Labute approximate surface area is 136 Å². The molecule has 0 aliphatic heterocycles. The molecule has 0 atom stereocenters. The van der Waals surface area contributed by atoms with Crippen molar-refractivity contribution in [3.63, 3.8) is 0 Å². The van der Waals surface area contributed by atoms with Gasteiger partial charge in [0.2, 0.25) is 0 Å². The monoisotopic (exact) mass is 330 g/mol. The lowest BCUT2D eigenvalue weighted by molar-refractivity contribution is -0.384. The molecule has 0 aliphatic carbocycles. The van der Waals surface area contributed by atoms with Gasteiger partial charge in [0.05, 0.1) is 17.1 Å². The second kappa shape index (κ2) is 6.20. The average Bonchev–Trinajstić information content (AvgIpc) is 2.99. The Kier molecular flexibility index (Phi) is 4.10. The SMILES string of the molecule is O=[N+]([O-])c1cccc(-c2noc(-c3ccc(Cl)cc3)c2CO)c1. The summed E-state index contributed by atoms with van der Waals surface area (Å²) in [6.45, 7) is -0.306. The molecule has 3 aromatic rings. The summed E-state index contributed by atoms with van der Waals surface area (Å²) in [5, 5.41) is 25.1. The van der Waals surface area contributed by atoms with Crippen LogP contribution in [-0.2, 0) is 6.61 Å². The first-order chi connectivity index (χ1) is 11.1. The summed E-state index contributed by atoms with van der Waals surface area (Å²) in [6.07, 6.45) is 0. The zero-order valence-electron chi connectivity index (χ0n) is 11.8.